The van der Waals surface area contributed by atoms with Gasteiger partial charge in [0, 0.05) is 26.2 Å². The maximum atomic E-state index is 11.6. The lowest BCUT2D eigenvalue weighted by Crippen LogP contribution is -2.50. The summed E-state index contributed by atoms with van der Waals surface area (Å²) < 4.78 is 0. The smallest absolute Gasteiger partial charge is 0.311 e. The van der Waals surface area contributed by atoms with Crippen molar-refractivity contribution in [3.05, 3.63) is 0 Å². The number of piperidine rings is 1. The molecule has 0 aromatic heterocycles. The number of nitrogens with zero attached hydrogens (tertiary/aromatic N) is 1. The van der Waals surface area contributed by atoms with Crippen LogP contribution in [0.25, 0.3) is 0 Å². The molecular weight excluding hydrogens is 210 g/mol. The first-order chi connectivity index (χ1) is 7.56. The van der Waals surface area contributed by atoms with Gasteiger partial charge in [-0.1, -0.05) is 6.92 Å². The minimum Gasteiger partial charge on any atom is -0.393 e. The molecule has 0 saturated carbocycles. The Labute approximate surface area is 94.8 Å². The van der Waals surface area contributed by atoms with Crippen molar-refractivity contribution in [3.63, 3.8) is 0 Å². The van der Waals surface area contributed by atoms with E-state index in [1.807, 2.05) is 6.92 Å². The van der Waals surface area contributed by atoms with Gasteiger partial charge in [0.15, 0.2) is 0 Å². The first kappa shape index (κ1) is 12.9. The van der Waals surface area contributed by atoms with Gasteiger partial charge >= 0.3 is 11.8 Å². The third-order valence-electron chi connectivity index (χ3n) is 2.77. The third-order valence-corrected chi connectivity index (χ3v) is 2.77. The second kappa shape index (κ2) is 5.81. The summed E-state index contributed by atoms with van der Waals surface area (Å²) in [6.07, 6.45) is 0.146. The van der Waals surface area contributed by atoms with Gasteiger partial charge in [-0.2, -0.15) is 0 Å². The summed E-state index contributed by atoms with van der Waals surface area (Å²) in [5.74, 6) is -1.14. The maximum Gasteiger partial charge on any atom is 0.311 e. The van der Waals surface area contributed by atoms with E-state index in [4.69, 9.17) is 5.73 Å². The van der Waals surface area contributed by atoms with Crippen LogP contribution in [0.5, 0.6) is 0 Å². The predicted octanol–water partition coefficient (Wildman–Crippen LogP) is -1.71. The summed E-state index contributed by atoms with van der Waals surface area (Å²) >= 11 is 0. The van der Waals surface area contributed by atoms with Crippen molar-refractivity contribution in [2.24, 2.45) is 11.7 Å². The number of carbonyl (C=O) groups is 2. The minimum absolute atomic E-state index is 0.0139. The van der Waals surface area contributed by atoms with Crippen LogP contribution in [-0.4, -0.2) is 54.1 Å². The maximum absolute atomic E-state index is 11.6. The van der Waals surface area contributed by atoms with E-state index in [2.05, 4.69) is 5.32 Å². The molecule has 2 unspecified atom stereocenters. The molecule has 0 radical (unpaired) electrons. The SMILES string of the molecule is CC1CN(C(=O)C(=O)NCCN)CCC1O. The number of hydrogen-bond donors (Lipinski definition) is 3. The zero-order chi connectivity index (χ0) is 12.1. The van der Waals surface area contributed by atoms with Gasteiger partial charge in [0.1, 0.15) is 0 Å². The van der Waals surface area contributed by atoms with Crippen molar-refractivity contribution in [2.75, 3.05) is 26.2 Å². The second-order valence-electron chi connectivity index (χ2n) is 4.13. The van der Waals surface area contributed by atoms with E-state index < -0.39 is 11.8 Å². The molecule has 0 aliphatic carbocycles. The molecule has 0 spiro atoms. The summed E-state index contributed by atoms with van der Waals surface area (Å²) in [5, 5.41) is 11.9. The molecule has 16 heavy (non-hydrogen) atoms. The Morgan fingerprint density at radius 3 is 2.81 bits per heavy atom. The molecule has 1 rings (SSSR count). The Bertz CT molecular complexity index is 270. The Kier molecular flexibility index (Phi) is 4.70. The predicted molar refractivity (Wildman–Crippen MR) is 58.4 cm³/mol. The van der Waals surface area contributed by atoms with Crippen molar-refractivity contribution < 1.29 is 14.7 Å². The number of hydrogen-bond acceptors (Lipinski definition) is 4. The van der Waals surface area contributed by atoms with E-state index in [1.165, 1.54) is 4.90 Å². The number of carbonyl (C=O) groups excluding carboxylic acids is 2. The van der Waals surface area contributed by atoms with E-state index in [1.54, 1.807) is 0 Å². The van der Waals surface area contributed by atoms with Gasteiger partial charge in [-0.05, 0) is 12.3 Å². The fourth-order valence-electron chi connectivity index (χ4n) is 1.72. The van der Waals surface area contributed by atoms with Crippen LogP contribution in [0.4, 0.5) is 0 Å². The minimum atomic E-state index is -0.617. The summed E-state index contributed by atoms with van der Waals surface area (Å²) in [7, 11) is 0. The number of likely N-dealkylation sites (tertiary alicyclic amines) is 1. The fraction of sp³-hybridized carbons (Fsp3) is 0.800. The lowest BCUT2D eigenvalue weighted by atomic mass is 9.97. The third kappa shape index (κ3) is 3.18. The van der Waals surface area contributed by atoms with Gasteiger partial charge in [0.2, 0.25) is 0 Å². The van der Waals surface area contributed by atoms with Gasteiger partial charge in [-0.15, -0.1) is 0 Å². The fourth-order valence-corrected chi connectivity index (χ4v) is 1.72. The van der Waals surface area contributed by atoms with Crippen LogP contribution >= 0.6 is 0 Å². The van der Waals surface area contributed by atoms with Crippen LogP contribution in [0.1, 0.15) is 13.3 Å². The second-order valence-corrected chi connectivity index (χ2v) is 4.13. The van der Waals surface area contributed by atoms with Crippen molar-refractivity contribution in [2.45, 2.75) is 19.4 Å². The van der Waals surface area contributed by atoms with Crippen LogP contribution in [0.2, 0.25) is 0 Å². The number of nitrogens with two attached hydrogens (primary N) is 1. The number of aliphatic hydroxyl groups is 1. The lowest BCUT2D eigenvalue weighted by molar-refractivity contribution is -0.148. The Balaban J connectivity index is 2.45. The average molecular weight is 229 g/mol. The molecule has 1 heterocycles. The molecule has 0 bridgehead atoms. The van der Waals surface area contributed by atoms with Crippen molar-refractivity contribution >= 4 is 11.8 Å². The van der Waals surface area contributed by atoms with Crippen LogP contribution in [0, 0.1) is 5.92 Å². The molecule has 2 atom stereocenters. The molecule has 1 aliphatic heterocycles. The topological polar surface area (TPSA) is 95.7 Å². The van der Waals surface area contributed by atoms with Crippen molar-refractivity contribution in [1.82, 2.24) is 10.2 Å². The van der Waals surface area contributed by atoms with Crippen molar-refractivity contribution in [1.29, 1.82) is 0 Å². The van der Waals surface area contributed by atoms with Crippen LogP contribution < -0.4 is 11.1 Å². The van der Waals surface area contributed by atoms with Gasteiger partial charge in [-0.25, -0.2) is 0 Å². The van der Waals surface area contributed by atoms with E-state index in [-0.39, 0.29) is 12.0 Å². The number of amides is 2. The molecule has 6 heteroatoms. The van der Waals surface area contributed by atoms with E-state index in [9.17, 15) is 14.7 Å². The highest BCUT2D eigenvalue weighted by Crippen LogP contribution is 2.16. The molecule has 6 nitrogen and oxygen atoms in total. The molecule has 92 valence electrons. The lowest BCUT2D eigenvalue weighted by Gasteiger charge is -2.33. The molecule has 1 aliphatic rings. The van der Waals surface area contributed by atoms with E-state index in [0.29, 0.717) is 32.6 Å². The molecule has 0 aromatic carbocycles. The standard InChI is InChI=1S/C10H19N3O3/c1-7-6-13(5-2-8(7)14)10(16)9(15)12-4-3-11/h7-8,14H,2-6,11H2,1H3,(H,12,15). The molecular formula is C10H19N3O3. The number of rotatable bonds is 2. The quantitative estimate of drug-likeness (QED) is 0.491. The van der Waals surface area contributed by atoms with Gasteiger partial charge in [-0.3, -0.25) is 9.59 Å². The Morgan fingerprint density at radius 1 is 1.56 bits per heavy atom. The summed E-state index contributed by atoms with van der Waals surface area (Å²) in [5.41, 5.74) is 5.22. The van der Waals surface area contributed by atoms with Crippen LogP contribution in [0.3, 0.4) is 0 Å². The van der Waals surface area contributed by atoms with Gasteiger partial charge < -0.3 is 21.1 Å². The summed E-state index contributed by atoms with van der Waals surface area (Å²) in [4.78, 5) is 24.5. The number of aliphatic hydroxyl groups excluding tert-OH is 1. The highest BCUT2D eigenvalue weighted by molar-refractivity contribution is 6.35. The van der Waals surface area contributed by atoms with E-state index >= 15 is 0 Å². The monoisotopic (exact) mass is 229 g/mol. The molecule has 4 N–H and O–H groups in total. The zero-order valence-electron chi connectivity index (χ0n) is 9.48. The Morgan fingerprint density at radius 2 is 2.25 bits per heavy atom. The van der Waals surface area contributed by atoms with Crippen LogP contribution in [-0.2, 0) is 9.59 Å². The first-order valence-electron chi connectivity index (χ1n) is 5.51. The summed E-state index contributed by atoms with van der Waals surface area (Å²) in [6, 6.07) is 0. The van der Waals surface area contributed by atoms with Gasteiger partial charge in [0.25, 0.3) is 0 Å². The highest BCUT2D eigenvalue weighted by atomic mass is 16.3. The highest BCUT2D eigenvalue weighted by Gasteiger charge is 2.29. The molecule has 0 aromatic rings. The molecule has 1 saturated heterocycles. The largest absolute Gasteiger partial charge is 0.393 e. The molecule has 1 fully saturated rings. The number of nitrogens with one attached hydrogen (secondary N) is 1. The normalized spacial score (nSPS) is 25.3. The van der Waals surface area contributed by atoms with Crippen LogP contribution in [0.15, 0.2) is 0 Å². The van der Waals surface area contributed by atoms with Gasteiger partial charge in [0.05, 0.1) is 6.10 Å². The molecule has 2 amide bonds. The van der Waals surface area contributed by atoms with E-state index in [0.717, 1.165) is 0 Å². The van der Waals surface area contributed by atoms with Crippen molar-refractivity contribution in [3.8, 4) is 0 Å². The zero-order valence-corrected chi connectivity index (χ0v) is 9.48. The Hall–Kier alpha value is -1.14. The summed E-state index contributed by atoms with van der Waals surface area (Å²) in [6.45, 7) is 3.34. The average Bonchev–Trinajstić information content (AvgIpc) is 2.28. The first-order valence-corrected chi connectivity index (χ1v) is 5.51.